The van der Waals surface area contributed by atoms with Crippen molar-refractivity contribution in [3.05, 3.63) is 0 Å². The molecule has 0 aromatic carbocycles. The fourth-order valence-electron chi connectivity index (χ4n) is 2.38. The zero-order valence-electron chi connectivity index (χ0n) is 8.76. The van der Waals surface area contributed by atoms with E-state index in [0.29, 0.717) is 6.54 Å². The SMILES string of the molecule is CC1(C(O)CCN)CCCCCC1. The lowest BCUT2D eigenvalue weighted by Gasteiger charge is -2.33. The standard InChI is InChI=1S/C11H23NO/c1-11(10(13)6-9-12)7-4-2-3-5-8-11/h10,13H,2-9,12H2,1H3. The van der Waals surface area contributed by atoms with Gasteiger partial charge in [0, 0.05) is 0 Å². The molecule has 3 N–H and O–H groups in total. The quantitative estimate of drug-likeness (QED) is 0.661. The zero-order chi connectivity index (χ0) is 9.73. The molecule has 1 atom stereocenters. The first-order valence-electron chi connectivity index (χ1n) is 5.57. The molecular weight excluding hydrogens is 162 g/mol. The van der Waals surface area contributed by atoms with Gasteiger partial charge < -0.3 is 10.8 Å². The van der Waals surface area contributed by atoms with Gasteiger partial charge in [0.2, 0.25) is 0 Å². The predicted octanol–water partition coefficient (Wildman–Crippen LogP) is 2.06. The lowest BCUT2D eigenvalue weighted by Crippen LogP contribution is -2.33. The number of aliphatic hydroxyl groups is 1. The second kappa shape index (κ2) is 4.97. The molecule has 13 heavy (non-hydrogen) atoms. The molecule has 1 aliphatic rings. The zero-order valence-corrected chi connectivity index (χ0v) is 8.76. The van der Waals surface area contributed by atoms with Gasteiger partial charge in [0.15, 0.2) is 0 Å². The van der Waals surface area contributed by atoms with Crippen LogP contribution in [0.15, 0.2) is 0 Å². The van der Waals surface area contributed by atoms with Crippen LogP contribution in [0, 0.1) is 5.41 Å². The van der Waals surface area contributed by atoms with E-state index in [-0.39, 0.29) is 11.5 Å². The fourth-order valence-corrected chi connectivity index (χ4v) is 2.38. The highest BCUT2D eigenvalue weighted by Gasteiger charge is 2.32. The lowest BCUT2D eigenvalue weighted by molar-refractivity contribution is 0.0213. The van der Waals surface area contributed by atoms with E-state index in [4.69, 9.17) is 5.73 Å². The number of hydrogen-bond donors (Lipinski definition) is 2. The van der Waals surface area contributed by atoms with Gasteiger partial charge in [0.05, 0.1) is 6.10 Å². The van der Waals surface area contributed by atoms with Crippen molar-refractivity contribution < 1.29 is 5.11 Å². The maximum atomic E-state index is 9.98. The number of aliphatic hydroxyl groups excluding tert-OH is 1. The van der Waals surface area contributed by atoms with Crippen LogP contribution in [-0.2, 0) is 0 Å². The minimum absolute atomic E-state index is 0.149. The molecule has 1 rings (SSSR count). The van der Waals surface area contributed by atoms with E-state index in [0.717, 1.165) is 6.42 Å². The van der Waals surface area contributed by atoms with Crippen LogP contribution in [0.25, 0.3) is 0 Å². The van der Waals surface area contributed by atoms with E-state index in [1.54, 1.807) is 0 Å². The van der Waals surface area contributed by atoms with Crippen LogP contribution in [0.4, 0.5) is 0 Å². The molecule has 0 radical (unpaired) electrons. The molecular formula is C11H23NO. The van der Waals surface area contributed by atoms with Crippen molar-refractivity contribution in [3.8, 4) is 0 Å². The summed E-state index contributed by atoms with van der Waals surface area (Å²) in [5.74, 6) is 0. The Balaban J connectivity index is 2.49. The summed E-state index contributed by atoms with van der Waals surface area (Å²) in [7, 11) is 0. The van der Waals surface area contributed by atoms with Crippen molar-refractivity contribution >= 4 is 0 Å². The molecule has 0 spiro atoms. The first kappa shape index (κ1) is 11.0. The highest BCUT2D eigenvalue weighted by Crippen LogP contribution is 2.38. The van der Waals surface area contributed by atoms with Crippen LogP contribution in [0.3, 0.4) is 0 Å². The molecule has 0 bridgehead atoms. The molecule has 78 valence electrons. The topological polar surface area (TPSA) is 46.2 Å². The second-order valence-electron chi connectivity index (χ2n) is 4.66. The maximum absolute atomic E-state index is 9.98. The summed E-state index contributed by atoms with van der Waals surface area (Å²) >= 11 is 0. The first-order valence-corrected chi connectivity index (χ1v) is 5.57. The molecule has 1 fully saturated rings. The molecule has 0 heterocycles. The molecule has 1 unspecified atom stereocenters. The van der Waals surface area contributed by atoms with Crippen LogP contribution in [0.1, 0.15) is 51.9 Å². The third-order valence-corrected chi connectivity index (χ3v) is 3.49. The van der Waals surface area contributed by atoms with E-state index in [9.17, 15) is 5.11 Å². The highest BCUT2D eigenvalue weighted by molar-refractivity contribution is 4.84. The summed E-state index contributed by atoms with van der Waals surface area (Å²) in [4.78, 5) is 0. The van der Waals surface area contributed by atoms with Crippen LogP contribution < -0.4 is 5.73 Å². The van der Waals surface area contributed by atoms with E-state index >= 15 is 0 Å². The van der Waals surface area contributed by atoms with Gasteiger partial charge in [-0.2, -0.15) is 0 Å². The highest BCUT2D eigenvalue weighted by atomic mass is 16.3. The van der Waals surface area contributed by atoms with Gasteiger partial charge in [-0.3, -0.25) is 0 Å². The average Bonchev–Trinajstić information content (AvgIpc) is 2.32. The van der Waals surface area contributed by atoms with Crippen LogP contribution in [0.2, 0.25) is 0 Å². The molecule has 1 saturated carbocycles. The molecule has 1 aliphatic carbocycles. The van der Waals surface area contributed by atoms with Crippen LogP contribution in [-0.4, -0.2) is 17.8 Å². The first-order chi connectivity index (χ1) is 6.19. The van der Waals surface area contributed by atoms with Crippen molar-refractivity contribution in [2.45, 2.75) is 58.0 Å². The summed E-state index contributed by atoms with van der Waals surface area (Å²) < 4.78 is 0. The van der Waals surface area contributed by atoms with Gasteiger partial charge in [-0.1, -0.05) is 32.6 Å². The van der Waals surface area contributed by atoms with Crippen molar-refractivity contribution in [2.75, 3.05) is 6.54 Å². The average molecular weight is 185 g/mol. The monoisotopic (exact) mass is 185 g/mol. The fraction of sp³-hybridized carbons (Fsp3) is 1.00. The Morgan fingerprint density at radius 1 is 1.23 bits per heavy atom. The van der Waals surface area contributed by atoms with E-state index in [2.05, 4.69) is 6.92 Å². The van der Waals surface area contributed by atoms with Crippen molar-refractivity contribution in [3.63, 3.8) is 0 Å². The Bertz CT molecular complexity index is 139. The van der Waals surface area contributed by atoms with Crippen LogP contribution >= 0.6 is 0 Å². The van der Waals surface area contributed by atoms with Gasteiger partial charge in [0.1, 0.15) is 0 Å². The molecule has 2 heteroatoms. The molecule has 2 nitrogen and oxygen atoms in total. The Hall–Kier alpha value is -0.0800. The van der Waals surface area contributed by atoms with Crippen molar-refractivity contribution in [2.24, 2.45) is 11.1 Å². The van der Waals surface area contributed by atoms with E-state index in [1.807, 2.05) is 0 Å². The van der Waals surface area contributed by atoms with Gasteiger partial charge >= 0.3 is 0 Å². The lowest BCUT2D eigenvalue weighted by atomic mass is 9.76. The summed E-state index contributed by atoms with van der Waals surface area (Å²) in [6.07, 6.45) is 8.15. The van der Waals surface area contributed by atoms with Gasteiger partial charge in [-0.15, -0.1) is 0 Å². The smallest absolute Gasteiger partial charge is 0.0605 e. The third-order valence-electron chi connectivity index (χ3n) is 3.49. The van der Waals surface area contributed by atoms with Gasteiger partial charge in [0.25, 0.3) is 0 Å². The number of nitrogens with two attached hydrogens (primary N) is 1. The Morgan fingerprint density at radius 2 is 1.77 bits per heavy atom. The number of rotatable bonds is 3. The second-order valence-corrected chi connectivity index (χ2v) is 4.66. The largest absolute Gasteiger partial charge is 0.393 e. The number of hydrogen-bond acceptors (Lipinski definition) is 2. The molecule has 0 aliphatic heterocycles. The summed E-state index contributed by atoms with van der Waals surface area (Å²) in [5.41, 5.74) is 5.62. The molecule has 0 aromatic rings. The molecule has 0 saturated heterocycles. The molecule has 0 amide bonds. The van der Waals surface area contributed by atoms with Gasteiger partial charge in [-0.05, 0) is 31.2 Å². The van der Waals surface area contributed by atoms with Crippen molar-refractivity contribution in [1.29, 1.82) is 0 Å². The van der Waals surface area contributed by atoms with Crippen molar-refractivity contribution in [1.82, 2.24) is 0 Å². The summed E-state index contributed by atoms with van der Waals surface area (Å²) in [5, 5.41) is 9.98. The Kier molecular flexibility index (Phi) is 4.20. The minimum Gasteiger partial charge on any atom is -0.393 e. The Labute approximate surface area is 81.5 Å². The minimum atomic E-state index is -0.185. The summed E-state index contributed by atoms with van der Waals surface area (Å²) in [6, 6.07) is 0. The van der Waals surface area contributed by atoms with E-state index < -0.39 is 0 Å². The molecule has 0 aromatic heterocycles. The normalized spacial score (nSPS) is 25.2. The van der Waals surface area contributed by atoms with Crippen LogP contribution in [0.5, 0.6) is 0 Å². The maximum Gasteiger partial charge on any atom is 0.0605 e. The predicted molar refractivity (Wildman–Crippen MR) is 55.5 cm³/mol. The summed E-state index contributed by atoms with van der Waals surface area (Å²) in [6.45, 7) is 2.83. The third kappa shape index (κ3) is 2.96. The van der Waals surface area contributed by atoms with E-state index in [1.165, 1.54) is 38.5 Å². The Morgan fingerprint density at radius 3 is 2.23 bits per heavy atom. The van der Waals surface area contributed by atoms with Gasteiger partial charge in [-0.25, -0.2) is 0 Å².